The Hall–Kier alpha value is -1.50. The average molecular weight is 293 g/mol. The van der Waals surface area contributed by atoms with Crippen molar-refractivity contribution >= 4 is 40.9 Å². The lowest BCUT2D eigenvalue weighted by Crippen LogP contribution is -2.45. The number of aliphatic hydroxyl groups excluding tert-OH is 1. The summed E-state index contributed by atoms with van der Waals surface area (Å²) in [5.74, 6) is -1.34. The molecule has 0 spiro atoms. The highest BCUT2D eigenvalue weighted by Crippen LogP contribution is 2.25. The minimum atomic E-state index is -1.38. The zero-order valence-electron chi connectivity index (χ0n) is 8.98. The molecule has 0 fully saturated rings. The third kappa shape index (κ3) is 4.06. The van der Waals surface area contributed by atoms with Crippen molar-refractivity contribution in [3.8, 4) is 0 Å². The molecular formula is C10H10Cl2N2O4. The Kier molecular flexibility index (Phi) is 5.21. The summed E-state index contributed by atoms with van der Waals surface area (Å²) in [5.41, 5.74) is 0.278. The Morgan fingerprint density at radius 2 is 2.00 bits per heavy atom. The lowest BCUT2D eigenvalue weighted by molar-refractivity contribution is -0.140. The number of carbonyl (C=O) groups excluding carboxylic acids is 1. The SMILES string of the molecule is O=C(Nc1ccc(Cl)cc1Cl)N[C@@H](CO)C(=O)O. The molecule has 0 aliphatic rings. The molecule has 8 heteroatoms. The first kappa shape index (κ1) is 14.6. The van der Waals surface area contributed by atoms with Gasteiger partial charge in [0.25, 0.3) is 0 Å². The molecule has 0 bridgehead atoms. The van der Waals surface area contributed by atoms with E-state index in [1.165, 1.54) is 18.2 Å². The van der Waals surface area contributed by atoms with Crippen molar-refractivity contribution in [3.05, 3.63) is 28.2 Å². The minimum absolute atomic E-state index is 0.216. The van der Waals surface area contributed by atoms with Crippen LogP contribution in [0.15, 0.2) is 18.2 Å². The van der Waals surface area contributed by atoms with E-state index in [1.54, 1.807) is 0 Å². The molecule has 0 aliphatic carbocycles. The Morgan fingerprint density at radius 1 is 1.33 bits per heavy atom. The molecule has 6 nitrogen and oxygen atoms in total. The fraction of sp³-hybridized carbons (Fsp3) is 0.200. The second kappa shape index (κ2) is 6.44. The van der Waals surface area contributed by atoms with E-state index in [-0.39, 0.29) is 10.7 Å². The smallest absolute Gasteiger partial charge is 0.328 e. The summed E-state index contributed by atoms with van der Waals surface area (Å²) < 4.78 is 0. The van der Waals surface area contributed by atoms with E-state index in [2.05, 4.69) is 10.6 Å². The van der Waals surface area contributed by atoms with Gasteiger partial charge in [-0.2, -0.15) is 0 Å². The van der Waals surface area contributed by atoms with Crippen molar-refractivity contribution in [2.24, 2.45) is 0 Å². The van der Waals surface area contributed by atoms with Crippen LogP contribution in [0.4, 0.5) is 10.5 Å². The normalized spacial score (nSPS) is 11.7. The number of carboxylic acids is 1. The van der Waals surface area contributed by atoms with Crippen LogP contribution in [0.2, 0.25) is 10.0 Å². The zero-order chi connectivity index (χ0) is 13.7. The monoisotopic (exact) mass is 292 g/mol. The van der Waals surface area contributed by atoms with Crippen molar-refractivity contribution in [1.82, 2.24) is 5.32 Å². The predicted molar refractivity (Wildman–Crippen MR) is 67.1 cm³/mol. The minimum Gasteiger partial charge on any atom is -0.480 e. The van der Waals surface area contributed by atoms with Gasteiger partial charge in [0.05, 0.1) is 17.3 Å². The molecule has 0 saturated heterocycles. The van der Waals surface area contributed by atoms with E-state index in [4.69, 9.17) is 33.4 Å². The molecule has 1 aromatic carbocycles. The lowest BCUT2D eigenvalue weighted by atomic mass is 10.3. The van der Waals surface area contributed by atoms with Gasteiger partial charge >= 0.3 is 12.0 Å². The van der Waals surface area contributed by atoms with Crippen LogP contribution in [-0.4, -0.2) is 34.9 Å². The first-order valence-electron chi connectivity index (χ1n) is 4.80. The predicted octanol–water partition coefficient (Wildman–Crippen LogP) is 1.56. The second-order valence-electron chi connectivity index (χ2n) is 3.30. The van der Waals surface area contributed by atoms with Gasteiger partial charge in [-0.05, 0) is 18.2 Å². The maximum Gasteiger partial charge on any atom is 0.328 e. The number of benzene rings is 1. The molecule has 18 heavy (non-hydrogen) atoms. The fourth-order valence-corrected chi connectivity index (χ4v) is 1.55. The number of urea groups is 1. The van der Waals surface area contributed by atoms with Crippen LogP contribution >= 0.6 is 23.2 Å². The highest BCUT2D eigenvalue weighted by atomic mass is 35.5. The molecule has 1 rings (SSSR count). The number of aliphatic hydroxyl groups is 1. The number of nitrogens with one attached hydrogen (secondary N) is 2. The second-order valence-corrected chi connectivity index (χ2v) is 4.14. The molecule has 2 amide bonds. The average Bonchev–Trinajstić information content (AvgIpc) is 2.29. The molecule has 1 atom stereocenters. The largest absolute Gasteiger partial charge is 0.480 e. The standard InChI is InChI=1S/C10H10Cl2N2O4/c11-5-1-2-7(6(12)3-5)13-10(18)14-8(4-15)9(16)17/h1-3,8,15H,4H2,(H,16,17)(H2,13,14,18)/t8-/m0/s1. The molecule has 0 aromatic heterocycles. The van der Waals surface area contributed by atoms with Gasteiger partial charge in [-0.3, -0.25) is 0 Å². The maximum atomic E-state index is 11.4. The number of carbonyl (C=O) groups is 2. The zero-order valence-corrected chi connectivity index (χ0v) is 10.5. The van der Waals surface area contributed by atoms with E-state index in [1.807, 2.05) is 0 Å². The van der Waals surface area contributed by atoms with E-state index >= 15 is 0 Å². The van der Waals surface area contributed by atoms with Gasteiger partial charge < -0.3 is 20.8 Å². The van der Waals surface area contributed by atoms with Gasteiger partial charge in [-0.15, -0.1) is 0 Å². The van der Waals surface area contributed by atoms with Crippen molar-refractivity contribution in [1.29, 1.82) is 0 Å². The van der Waals surface area contributed by atoms with Crippen LogP contribution in [0.3, 0.4) is 0 Å². The van der Waals surface area contributed by atoms with Gasteiger partial charge in [0.2, 0.25) is 0 Å². The number of carboxylic acid groups (broad SMARTS) is 1. The Bertz CT molecular complexity index is 467. The number of hydrogen-bond acceptors (Lipinski definition) is 3. The summed E-state index contributed by atoms with van der Waals surface area (Å²) in [6.45, 7) is -0.711. The maximum absolute atomic E-state index is 11.4. The highest BCUT2D eigenvalue weighted by molar-refractivity contribution is 6.36. The topological polar surface area (TPSA) is 98.7 Å². The van der Waals surface area contributed by atoms with Crippen LogP contribution < -0.4 is 10.6 Å². The number of halogens is 2. The molecule has 0 radical (unpaired) electrons. The van der Waals surface area contributed by atoms with Gasteiger partial charge in [0.1, 0.15) is 0 Å². The number of aliphatic carboxylic acids is 1. The molecule has 0 aliphatic heterocycles. The summed E-state index contributed by atoms with van der Waals surface area (Å²) in [4.78, 5) is 22.0. The highest BCUT2D eigenvalue weighted by Gasteiger charge is 2.18. The van der Waals surface area contributed by atoms with Gasteiger partial charge in [-0.25, -0.2) is 9.59 Å². The first-order chi connectivity index (χ1) is 8.43. The van der Waals surface area contributed by atoms with Gasteiger partial charge in [-0.1, -0.05) is 23.2 Å². The van der Waals surface area contributed by atoms with E-state index < -0.39 is 24.6 Å². The van der Waals surface area contributed by atoms with Crippen molar-refractivity contribution in [2.75, 3.05) is 11.9 Å². The fourth-order valence-electron chi connectivity index (χ4n) is 1.09. The molecule has 0 unspecified atom stereocenters. The molecule has 0 saturated carbocycles. The number of rotatable bonds is 4. The van der Waals surface area contributed by atoms with Crippen molar-refractivity contribution in [2.45, 2.75) is 6.04 Å². The lowest BCUT2D eigenvalue weighted by Gasteiger charge is -2.13. The number of amides is 2. The van der Waals surface area contributed by atoms with Gasteiger partial charge in [0, 0.05) is 5.02 Å². The van der Waals surface area contributed by atoms with Crippen LogP contribution in [0.25, 0.3) is 0 Å². The van der Waals surface area contributed by atoms with Crippen LogP contribution in [0, 0.1) is 0 Å². The van der Waals surface area contributed by atoms with Crippen LogP contribution in [0.1, 0.15) is 0 Å². The first-order valence-corrected chi connectivity index (χ1v) is 5.56. The summed E-state index contributed by atoms with van der Waals surface area (Å²) in [6.07, 6.45) is 0. The third-order valence-electron chi connectivity index (χ3n) is 1.97. The molecule has 4 N–H and O–H groups in total. The molecule has 1 aromatic rings. The third-order valence-corrected chi connectivity index (χ3v) is 2.51. The molecular weight excluding hydrogens is 283 g/mol. The summed E-state index contributed by atoms with van der Waals surface area (Å²) in [5, 5.41) is 22.4. The summed E-state index contributed by atoms with van der Waals surface area (Å²) in [7, 11) is 0. The van der Waals surface area contributed by atoms with Gasteiger partial charge in [0.15, 0.2) is 6.04 Å². The summed E-state index contributed by atoms with van der Waals surface area (Å²) >= 11 is 11.5. The van der Waals surface area contributed by atoms with Crippen molar-refractivity contribution < 1.29 is 19.8 Å². The van der Waals surface area contributed by atoms with E-state index in [9.17, 15) is 9.59 Å². The Balaban J connectivity index is 2.67. The Labute approximate surface area is 113 Å². The quantitative estimate of drug-likeness (QED) is 0.677. The summed E-state index contributed by atoms with van der Waals surface area (Å²) in [6, 6.07) is 2.25. The number of anilines is 1. The van der Waals surface area contributed by atoms with Crippen LogP contribution in [-0.2, 0) is 4.79 Å². The van der Waals surface area contributed by atoms with Crippen molar-refractivity contribution in [3.63, 3.8) is 0 Å². The molecule has 98 valence electrons. The van der Waals surface area contributed by atoms with Crippen LogP contribution in [0.5, 0.6) is 0 Å². The number of hydrogen-bond donors (Lipinski definition) is 4. The molecule has 0 heterocycles. The van der Waals surface area contributed by atoms with E-state index in [0.717, 1.165) is 0 Å². The Morgan fingerprint density at radius 3 is 2.50 bits per heavy atom. The van der Waals surface area contributed by atoms with E-state index in [0.29, 0.717) is 5.02 Å².